The maximum atomic E-state index is 10.9. The van der Waals surface area contributed by atoms with Crippen LogP contribution in [0.2, 0.25) is 0 Å². The third kappa shape index (κ3) is 1.35. The molecule has 0 saturated heterocycles. The minimum absolute atomic E-state index is 0.249. The zero-order chi connectivity index (χ0) is 9.47. The van der Waals surface area contributed by atoms with Crippen molar-refractivity contribution in [1.82, 2.24) is 0 Å². The lowest BCUT2D eigenvalue weighted by Crippen LogP contribution is -2.35. The maximum Gasteiger partial charge on any atom is 0.312 e. The van der Waals surface area contributed by atoms with Crippen LogP contribution in [0.1, 0.15) is 38.5 Å². The van der Waals surface area contributed by atoms with E-state index in [1.54, 1.807) is 0 Å². The quantitative estimate of drug-likeness (QED) is 0.697. The number of carboxylic acids is 1. The fourth-order valence-corrected chi connectivity index (χ4v) is 2.50. The average molecular weight is 184 g/mol. The van der Waals surface area contributed by atoms with E-state index in [2.05, 4.69) is 0 Å². The first-order valence-electron chi connectivity index (χ1n) is 5.08. The summed E-state index contributed by atoms with van der Waals surface area (Å²) in [5.74, 6) is -0.550. The molecule has 2 fully saturated rings. The molecule has 2 saturated carbocycles. The third-order valence-electron chi connectivity index (χ3n) is 3.63. The van der Waals surface area contributed by atoms with Crippen LogP contribution in [-0.2, 0) is 4.79 Å². The van der Waals surface area contributed by atoms with Crippen molar-refractivity contribution in [2.75, 3.05) is 0 Å². The highest BCUT2D eigenvalue weighted by atomic mass is 16.4. The second-order valence-electron chi connectivity index (χ2n) is 4.45. The second kappa shape index (κ2) is 2.98. The molecule has 1 unspecified atom stereocenters. The van der Waals surface area contributed by atoms with Gasteiger partial charge in [-0.25, -0.2) is 0 Å². The maximum absolute atomic E-state index is 10.9. The van der Waals surface area contributed by atoms with Crippen molar-refractivity contribution in [2.45, 2.75) is 44.6 Å². The summed E-state index contributed by atoms with van der Waals surface area (Å²) in [6.45, 7) is 0. The molecule has 2 rings (SSSR count). The summed E-state index contributed by atoms with van der Waals surface area (Å²) < 4.78 is 0. The van der Waals surface area contributed by atoms with E-state index in [1.807, 2.05) is 0 Å². The van der Waals surface area contributed by atoms with Gasteiger partial charge in [0.05, 0.1) is 11.5 Å². The number of aliphatic hydroxyl groups is 1. The molecule has 0 aliphatic heterocycles. The van der Waals surface area contributed by atoms with Crippen LogP contribution in [0.4, 0.5) is 0 Å². The van der Waals surface area contributed by atoms with Gasteiger partial charge >= 0.3 is 5.97 Å². The van der Waals surface area contributed by atoms with Gasteiger partial charge in [0, 0.05) is 0 Å². The molecule has 2 aliphatic carbocycles. The number of carbonyl (C=O) groups is 1. The van der Waals surface area contributed by atoms with Gasteiger partial charge in [-0.05, 0) is 31.6 Å². The summed E-state index contributed by atoms with van der Waals surface area (Å²) in [6, 6.07) is 0. The third-order valence-corrected chi connectivity index (χ3v) is 3.63. The van der Waals surface area contributed by atoms with Gasteiger partial charge in [-0.2, -0.15) is 0 Å². The Bertz CT molecular complexity index is 214. The van der Waals surface area contributed by atoms with Crippen LogP contribution in [0.5, 0.6) is 0 Å². The first-order valence-corrected chi connectivity index (χ1v) is 5.08. The Labute approximate surface area is 77.8 Å². The van der Waals surface area contributed by atoms with Crippen molar-refractivity contribution in [3.63, 3.8) is 0 Å². The van der Waals surface area contributed by atoms with Crippen LogP contribution < -0.4 is 0 Å². The highest BCUT2D eigenvalue weighted by Gasteiger charge is 2.57. The Balaban J connectivity index is 2.03. The highest BCUT2D eigenvalue weighted by Crippen LogP contribution is 2.53. The largest absolute Gasteiger partial charge is 0.481 e. The van der Waals surface area contributed by atoms with Crippen molar-refractivity contribution in [3.05, 3.63) is 0 Å². The Morgan fingerprint density at radius 2 is 1.85 bits per heavy atom. The van der Waals surface area contributed by atoms with Crippen molar-refractivity contribution in [1.29, 1.82) is 0 Å². The molecule has 3 heteroatoms. The second-order valence-corrected chi connectivity index (χ2v) is 4.45. The van der Waals surface area contributed by atoms with Gasteiger partial charge in [0.1, 0.15) is 0 Å². The van der Waals surface area contributed by atoms with Gasteiger partial charge < -0.3 is 10.2 Å². The Morgan fingerprint density at radius 1 is 1.31 bits per heavy atom. The summed E-state index contributed by atoms with van der Waals surface area (Å²) in [7, 11) is 0. The smallest absolute Gasteiger partial charge is 0.312 e. The summed E-state index contributed by atoms with van der Waals surface area (Å²) in [4.78, 5) is 10.9. The number of aliphatic carboxylic acids is 1. The Kier molecular flexibility index (Phi) is 2.06. The number of carboxylic acid groups (broad SMARTS) is 1. The molecule has 0 aromatic heterocycles. The summed E-state index contributed by atoms with van der Waals surface area (Å²) in [5.41, 5.74) is -0.755. The predicted molar refractivity (Wildman–Crippen MR) is 47.3 cm³/mol. The fourth-order valence-electron chi connectivity index (χ4n) is 2.50. The molecule has 0 radical (unpaired) electrons. The van der Waals surface area contributed by atoms with Crippen LogP contribution in [0.3, 0.4) is 0 Å². The number of rotatable bonds is 3. The van der Waals surface area contributed by atoms with Gasteiger partial charge in [-0.1, -0.05) is 12.8 Å². The lowest BCUT2D eigenvalue weighted by Gasteiger charge is -2.23. The number of hydrogen-bond acceptors (Lipinski definition) is 2. The molecule has 0 bridgehead atoms. The van der Waals surface area contributed by atoms with Crippen molar-refractivity contribution >= 4 is 5.97 Å². The van der Waals surface area contributed by atoms with Crippen LogP contribution in [0.25, 0.3) is 0 Å². The van der Waals surface area contributed by atoms with E-state index < -0.39 is 17.5 Å². The highest BCUT2D eigenvalue weighted by molar-refractivity contribution is 5.78. The lowest BCUT2D eigenvalue weighted by atomic mass is 9.87. The fraction of sp³-hybridized carbons (Fsp3) is 0.900. The van der Waals surface area contributed by atoms with Gasteiger partial charge in [-0.15, -0.1) is 0 Å². The number of hydrogen-bond donors (Lipinski definition) is 2. The molecular weight excluding hydrogens is 168 g/mol. The van der Waals surface area contributed by atoms with Crippen LogP contribution >= 0.6 is 0 Å². The first-order chi connectivity index (χ1) is 6.17. The zero-order valence-electron chi connectivity index (χ0n) is 7.70. The minimum atomic E-state index is -0.799. The van der Waals surface area contributed by atoms with E-state index in [0.717, 1.165) is 25.7 Å². The summed E-state index contributed by atoms with van der Waals surface area (Å²) in [5, 5.41) is 18.9. The molecule has 0 aromatic rings. The van der Waals surface area contributed by atoms with E-state index in [-0.39, 0.29) is 5.92 Å². The monoisotopic (exact) mass is 184 g/mol. The predicted octanol–water partition coefficient (Wildman–Crippen LogP) is 1.40. The van der Waals surface area contributed by atoms with E-state index in [1.165, 1.54) is 0 Å². The molecule has 0 heterocycles. The molecule has 0 amide bonds. The topological polar surface area (TPSA) is 57.5 Å². The molecular formula is C10H16O3. The zero-order valence-corrected chi connectivity index (χ0v) is 7.70. The molecule has 0 spiro atoms. The lowest BCUT2D eigenvalue weighted by molar-refractivity contribution is -0.149. The van der Waals surface area contributed by atoms with E-state index >= 15 is 0 Å². The van der Waals surface area contributed by atoms with E-state index in [0.29, 0.717) is 12.8 Å². The molecule has 0 aromatic carbocycles. The molecule has 2 N–H and O–H groups in total. The van der Waals surface area contributed by atoms with Crippen LogP contribution in [-0.4, -0.2) is 22.3 Å². The van der Waals surface area contributed by atoms with Gasteiger partial charge in [-0.3, -0.25) is 4.79 Å². The first kappa shape index (κ1) is 9.00. The van der Waals surface area contributed by atoms with Gasteiger partial charge in [0.25, 0.3) is 0 Å². The average Bonchev–Trinajstić information content (AvgIpc) is 2.74. The van der Waals surface area contributed by atoms with Gasteiger partial charge in [0.15, 0.2) is 0 Å². The van der Waals surface area contributed by atoms with Crippen molar-refractivity contribution < 1.29 is 15.0 Å². The normalized spacial score (nSPS) is 28.7. The van der Waals surface area contributed by atoms with Crippen molar-refractivity contribution in [2.24, 2.45) is 11.3 Å². The SMILES string of the molecule is O=C(O)C1(C(O)C2CCCC2)CC1. The summed E-state index contributed by atoms with van der Waals surface area (Å²) in [6.07, 6.45) is 5.06. The molecule has 2 aliphatic rings. The Hall–Kier alpha value is -0.570. The van der Waals surface area contributed by atoms with Crippen LogP contribution in [0, 0.1) is 11.3 Å². The minimum Gasteiger partial charge on any atom is -0.481 e. The van der Waals surface area contributed by atoms with Gasteiger partial charge in [0.2, 0.25) is 0 Å². The van der Waals surface area contributed by atoms with Crippen LogP contribution in [0.15, 0.2) is 0 Å². The molecule has 13 heavy (non-hydrogen) atoms. The molecule has 1 atom stereocenters. The van der Waals surface area contributed by atoms with Crippen molar-refractivity contribution in [3.8, 4) is 0 Å². The standard InChI is InChI=1S/C10H16O3/c11-8(7-3-1-2-4-7)10(5-6-10)9(12)13/h7-8,11H,1-6H2,(H,12,13). The van der Waals surface area contributed by atoms with E-state index in [9.17, 15) is 9.90 Å². The Morgan fingerprint density at radius 3 is 2.23 bits per heavy atom. The number of aliphatic hydroxyl groups excluding tert-OH is 1. The summed E-state index contributed by atoms with van der Waals surface area (Å²) >= 11 is 0. The molecule has 74 valence electrons. The molecule has 3 nitrogen and oxygen atoms in total. The van der Waals surface area contributed by atoms with E-state index in [4.69, 9.17) is 5.11 Å².